The van der Waals surface area contributed by atoms with E-state index < -0.39 is 0 Å². The highest BCUT2D eigenvalue weighted by molar-refractivity contribution is 8.18. The summed E-state index contributed by atoms with van der Waals surface area (Å²) in [6.45, 7) is 4.00. The Hall–Kier alpha value is -3.06. The Morgan fingerprint density at radius 1 is 1.11 bits per heavy atom. The van der Waals surface area contributed by atoms with Crippen LogP contribution in [0.1, 0.15) is 18.1 Å². The van der Waals surface area contributed by atoms with Crippen LogP contribution in [0.25, 0.3) is 6.08 Å². The highest BCUT2D eigenvalue weighted by Crippen LogP contribution is 2.32. The number of nitrogens with zero attached hydrogens (tertiary/aromatic N) is 1. The lowest BCUT2D eigenvalue weighted by molar-refractivity contribution is -0.122. The molecule has 2 aromatic carbocycles. The first kappa shape index (κ1) is 19.7. The number of carbonyl (C=O) groups excluding carboxylic acids is 3. The number of rotatable bonds is 6. The molecule has 28 heavy (non-hydrogen) atoms. The molecule has 6 nitrogen and oxygen atoms in total. The molecule has 0 saturated carbocycles. The van der Waals surface area contributed by atoms with Crippen molar-refractivity contribution in [1.29, 1.82) is 0 Å². The lowest BCUT2D eigenvalue weighted by Crippen LogP contribution is -2.27. The normalized spacial score (nSPS) is 15.2. The highest BCUT2D eigenvalue weighted by atomic mass is 32.2. The minimum atomic E-state index is -0.273. The number of hydrogen-bond donors (Lipinski definition) is 1. The van der Waals surface area contributed by atoms with Crippen molar-refractivity contribution < 1.29 is 19.1 Å². The number of benzene rings is 2. The number of ether oxygens (including phenoxy) is 1. The summed E-state index contributed by atoms with van der Waals surface area (Å²) < 4.78 is 5.49. The van der Waals surface area contributed by atoms with Crippen LogP contribution in [0.3, 0.4) is 0 Å². The molecule has 2 aromatic rings. The summed E-state index contributed by atoms with van der Waals surface area (Å²) in [6.07, 6.45) is 1.68. The number of nitrogens with one attached hydrogen (secondary N) is 1. The zero-order chi connectivity index (χ0) is 20.1. The van der Waals surface area contributed by atoms with Gasteiger partial charge in [-0.2, -0.15) is 0 Å². The summed E-state index contributed by atoms with van der Waals surface area (Å²) >= 11 is 0.936. The Morgan fingerprint density at radius 3 is 2.39 bits per heavy atom. The number of thioether (sulfide) groups is 1. The summed E-state index contributed by atoms with van der Waals surface area (Å²) in [5.74, 6) is 0.0182. The van der Waals surface area contributed by atoms with Crippen LogP contribution < -0.4 is 10.1 Å². The average Bonchev–Trinajstić information content (AvgIpc) is 2.95. The molecule has 7 heteroatoms. The van der Waals surface area contributed by atoms with Crippen molar-refractivity contribution in [2.75, 3.05) is 18.5 Å². The van der Waals surface area contributed by atoms with Gasteiger partial charge in [-0.3, -0.25) is 19.3 Å². The molecule has 0 unspecified atom stereocenters. The Labute approximate surface area is 167 Å². The largest absolute Gasteiger partial charge is 0.484 e. The Balaban J connectivity index is 1.55. The van der Waals surface area contributed by atoms with Gasteiger partial charge in [-0.25, -0.2) is 0 Å². The van der Waals surface area contributed by atoms with Gasteiger partial charge in [-0.05, 0) is 61.5 Å². The van der Waals surface area contributed by atoms with E-state index in [1.165, 1.54) is 4.90 Å². The van der Waals surface area contributed by atoms with E-state index in [0.717, 1.165) is 28.6 Å². The van der Waals surface area contributed by atoms with E-state index in [2.05, 4.69) is 5.32 Å². The third-order valence-electron chi connectivity index (χ3n) is 4.07. The van der Waals surface area contributed by atoms with Crippen molar-refractivity contribution in [3.05, 3.63) is 64.6 Å². The summed E-state index contributed by atoms with van der Waals surface area (Å²) in [7, 11) is 0. The Bertz CT molecular complexity index is 920. The van der Waals surface area contributed by atoms with E-state index in [0.29, 0.717) is 17.2 Å². The molecule has 1 saturated heterocycles. The van der Waals surface area contributed by atoms with Crippen LogP contribution in [0.15, 0.2) is 53.4 Å². The first-order valence-corrected chi connectivity index (χ1v) is 9.62. The third kappa shape index (κ3) is 4.80. The lowest BCUT2D eigenvalue weighted by atomic mass is 10.2. The Kier molecular flexibility index (Phi) is 6.16. The predicted octanol–water partition coefficient (Wildman–Crippen LogP) is 4.07. The average molecular weight is 396 g/mol. The van der Waals surface area contributed by atoms with E-state index in [-0.39, 0.29) is 23.7 Å². The molecule has 0 aliphatic carbocycles. The molecule has 0 spiro atoms. The van der Waals surface area contributed by atoms with E-state index in [1.54, 1.807) is 37.3 Å². The zero-order valence-electron chi connectivity index (χ0n) is 15.6. The number of amides is 3. The molecule has 144 valence electrons. The van der Waals surface area contributed by atoms with Crippen molar-refractivity contribution in [2.45, 2.75) is 13.8 Å². The van der Waals surface area contributed by atoms with Crippen LogP contribution in [0.4, 0.5) is 10.5 Å². The molecule has 1 aliphatic heterocycles. The maximum atomic E-state index is 12.1. The van der Waals surface area contributed by atoms with Crippen LogP contribution in [0.2, 0.25) is 0 Å². The number of imide groups is 1. The molecule has 3 rings (SSSR count). The number of carbonyl (C=O) groups is 3. The molecule has 0 bridgehead atoms. The van der Waals surface area contributed by atoms with Gasteiger partial charge < -0.3 is 10.1 Å². The maximum Gasteiger partial charge on any atom is 0.293 e. The molecule has 1 N–H and O–H groups in total. The lowest BCUT2D eigenvalue weighted by Gasteiger charge is -2.08. The zero-order valence-corrected chi connectivity index (χ0v) is 16.4. The molecule has 1 heterocycles. The van der Waals surface area contributed by atoms with E-state index in [9.17, 15) is 14.4 Å². The van der Waals surface area contributed by atoms with Gasteiger partial charge >= 0.3 is 0 Å². The van der Waals surface area contributed by atoms with E-state index in [1.807, 2.05) is 31.2 Å². The molecule has 1 fully saturated rings. The molecule has 0 atom stereocenters. The van der Waals surface area contributed by atoms with E-state index in [4.69, 9.17) is 4.74 Å². The van der Waals surface area contributed by atoms with Crippen molar-refractivity contribution in [3.63, 3.8) is 0 Å². The van der Waals surface area contributed by atoms with Gasteiger partial charge in [0.1, 0.15) is 5.75 Å². The van der Waals surface area contributed by atoms with Crippen molar-refractivity contribution in [1.82, 2.24) is 4.90 Å². The summed E-state index contributed by atoms with van der Waals surface area (Å²) in [4.78, 5) is 37.4. The fraction of sp³-hybridized carbons (Fsp3) is 0.190. The molecule has 0 aromatic heterocycles. The van der Waals surface area contributed by atoms with Gasteiger partial charge in [-0.1, -0.05) is 29.8 Å². The summed E-state index contributed by atoms with van der Waals surface area (Å²) in [5.41, 5.74) is 2.61. The minimum absolute atomic E-state index is 0.109. The minimum Gasteiger partial charge on any atom is -0.484 e. The van der Waals surface area contributed by atoms with Crippen molar-refractivity contribution >= 4 is 40.6 Å². The molecule has 1 aliphatic rings. The maximum absolute atomic E-state index is 12.1. The monoisotopic (exact) mass is 396 g/mol. The highest BCUT2D eigenvalue weighted by Gasteiger charge is 2.33. The second-order valence-corrected chi connectivity index (χ2v) is 7.19. The van der Waals surface area contributed by atoms with Gasteiger partial charge in [0.2, 0.25) is 0 Å². The van der Waals surface area contributed by atoms with Crippen molar-refractivity contribution in [3.8, 4) is 5.75 Å². The number of hydrogen-bond acceptors (Lipinski definition) is 5. The topological polar surface area (TPSA) is 75.7 Å². The molecule has 0 radical (unpaired) electrons. The van der Waals surface area contributed by atoms with Crippen LogP contribution in [0.5, 0.6) is 5.75 Å². The van der Waals surface area contributed by atoms with Gasteiger partial charge in [0.25, 0.3) is 17.1 Å². The fourth-order valence-electron chi connectivity index (χ4n) is 2.57. The van der Waals surface area contributed by atoms with Crippen LogP contribution >= 0.6 is 11.8 Å². The number of aryl methyl sites for hydroxylation is 1. The Morgan fingerprint density at radius 2 is 1.79 bits per heavy atom. The first-order chi connectivity index (χ1) is 13.5. The number of anilines is 1. The van der Waals surface area contributed by atoms with Gasteiger partial charge in [-0.15, -0.1) is 0 Å². The van der Waals surface area contributed by atoms with Gasteiger partial charge in [0.05, 0.1) is 4.91 Å². The standard InChI is InChI=1S/C21H20N2O4S/c1-3-23-20(25)18(28-21(23)26)12-15-6-10-17(11-7-15)27-13-19(24)22-16-8-4-14(2)5-9-16/h4-12H,3,13H2,1-2H3,(H,22,24)/b18-12+. The third-order valence-corrected chi connectivity index (χ3v) is 4.98. The second-order valence-electron chi connectivity index (χ2n) is 6.20. The molecular weight excluding hydrogens is 376 g/mol. The van der Waals surface area contributed by atoms with E-state index >= 15 is 0 Å². The van der Waals surface area contributed by atoms with Gasteiger partial charge in [0, 0.05) is 12.2 Å². The van der Waals surface area contributed by atoms with Crippen LogP contribution in [-0.2, 0) is 9.59 Å². The second kappa shape index (κ2) is 8.75. The fourth-order valence-corrected chi connectivity index (χ4v) is 3.47. The molecule has 3 amide bonds. The van der Waals surface area contributed by atoms with Gasteiger partial charge in [0.15, 0.2) is 6.61 Å². The smallest absolute Gasteiger partial charge is 0.293 e. The number of likely N-dealkylation sites (N-methyl/N-ethyl adjacent to an activating group) is 1. The summed E-state index contributed by atoms with van der Waals surface area (Å²) in [6, 6.07) is 14.5. The SMILES string of the molecule is CCN1C(=O)S/C(=C/c2ccc(OCC(=O)Nc3ccc(C)cc3)cc2)C1=O. The van der Waals surface area contributed by atoms with Crippen LogP contribution in [-0.4, -0.2) is 35.1 Å². The summed E-state index contributed by atoms with van der Waals surface area (Å²) in [5, 5.41) is 2.52. The van der Waals surface area contributed by atoms with Crippen LogP contribution in [0, 0.1) is 6.92 Å². The predicted molar refractivity (Wildman–Crippen MR) is 110 cm³/mol. The quantitative estimate of drug-likeness (QED) is 0.745. The molecular formula is C21H20N2O4S. The van der Waals surface area contributed by atoms with Crippen molar-refractivity contribution in [2.24, 2.45) is 0 Å². The first-order valence-electron chi connectivity index (χ1n) is 8.81.